The quantitative estimate of drug-likeness (QED) is 0.424. The van der Waals surface area contributed by atoms with Gasteiger partial charge in [0.2, 0.25) is 5.16 Å². The number of aromatic nitrogens is 4. The maximum Gasteiger partial charge on any atom is 0.345 e. The van der Waals surface area contributed by atoms with Gasteiger partial charge in [0.15, 0.2) is 0 Å². The number of nitrogens with one attached hydrogen (secondary N) is 1. The Balaban J connectivity index is 2.38. The maximum absolute atomic E-state index is 11.4. The number of benzene rings is 1. The molecule has 0 bridgehead atoms. The number of carbonyl (C=O) groups excluding carboxylic acids is 1. The van der Waals surface area contributed by atoms with Crippen molar-refractivity contribution in [2.24, 2.45) is 0 Å². The van der Waals surface area contributed by atoms with E-state index in [1.807, 2.05) is 0 Å². The van der Waals surface area contributed by atoms with Crippen molar-refractivity contribution in [3.63, 3.8) is 0 Å². The molecule has 1 heterocycles. The molecule has 0 unspecified atom stereocenters. The molecule has 9 heteroatoms. The molecular weight excluding hydrogens is 256 g/mol. The predicted molar refractivity (Wildman–Crippen MR) is 65.0 cm³/mol. The molecule has 0 saturated heterocycles. The Hall–Kier alpha value is -2.13. The third kappa shape index (κ3) is 2.41. The first-order valence-corrected chi connectivity index (χ1v) is 5.34. The number of anilines is 1. The largest absolute Gasteiger partial charge is 0.345 e. The van der Waals surface area contributed by atoms with Gasteiger partial charge in [-0.2, -0.15) is 4.68 Å². The molecule has 8 nitrogen and oxygen atoms in total. The smallest absolute Gasteiger partial charge is 0.304 e. The van der Waals surface area contributed by atoms with Crippen molar-refractivity contribution in [3.8, 4) is 5.69 Å². The summed E-state index contributed by atoms with van der Waals surface area (Å²) in [5.41, 5.74) is 0.994. The molecule has 0 saturated carbocycles. The fourth-order valence-corrected chi connectivity index (χ4v) is 1.49. The van der Waals surface area contributed by atoms with Crippen LogP contribution in [0.3, 0.4) is 0 Å². The van der Waals surface area contributed by atoms with Gasteiger partial charge in [-0.15, -0.1) is 17.7 Å². The van der Waals surface area contributed by atoms with E-state index in [4.69, 9.17) is 5.21 Å². The zero-order valence-corrected chi connectivity index (χ0v) is 10.2. The molecular formula is C9H10N6O2S. The highest BCUT2D eigenvalue weighted by Crippen LogP contribution is 2.20. The molecule has 0 aliphatic carbocycles. The van der Waals surface area contributed by atoms with Crippen molar-refractivity contribution < 1.29 is 10.0 Å². The topological polar surface area (TPSA) is 96.2 Å². The normalized spacial score (nSPS) is 10.2. The van der Waals surface area contributed by atoms with Crippen molar-refractivity contribution >= 4 is 24.3 Å². The summed E-state index contributed by atoms with van der Waals surface area (Å²) in [7, 11) is 1.22. The lowest BCUT2D eigenvalue weighted by molar-refractivity contribution is -0.0118. The van der Waals surface area contributed by atoms with E-state index in [2.05, 4.69) is 33.5 Å². The van der Waals surface area contributed by atoms with E-state index in [9.17, 15) is 4.79 Å². The Morgan fingerprint density at radius 2 is 2.22 bits per heavy atom. The molecule has 0 aliphatic rings. The standard InChI is InChI=1S/C9H10N6O2S/c1-14(17)8(16)10-6-4-2-3-5-7(6)15-9(18)11-12-13-15/h2-5,17H,1H3,(H,10,16)(H,11,13,18). The van der Waals surface area contributed by atoms with Crippen LogP contribution in [0, 0.1) is 0 Å². The third-order valence-corrected chi connectivity index (χ3v) is 2.40. The average molecular weight is 266 g/mol. The molecule has 2 N–H and O–H groups in total. The molecule has 0 fully saturated rings. The van der Waals surface area contributed by atoms with Crippen LogP contribution in [-0.4, -0.2) is 43.6 Å². The Morgan fingerprint density at radius 3 is 2.83 bits per heavy atom. The van der Waals surface area contributed by atoms with Crippen LogP contribution >= 0.6 is 12.6 Å². The minimum Gasteiger partial charge on any atom is -0.304 e. The summed E-state index contributed by atoms with van der Waals surface area (Å²) in [6.07, 6.45) is 0. The van der Waals surface area contributed by atoms with E-state index in [1.54, 1.807) is 24.3 Å². The monoisotopic (exact) mass is 266 g/mol. The van der Waals surface area contributed by atoms with Crippen molar-refractivity contribution in [1.29, 1.82) is 0 Å². The molecule has 0 atom stereocenters. The second-order valence-electron chi connectivity index (χ2n) is 3.36. The van der Waals surface area contributed by atoms with Gasteiger partial charge in [-0.3, -0.25) is 5.21 Å². The number of hydroxylamine groups is 2. The molecule has 2 rings (SSSR count). The number of amides is 2. The van der Waals surface area contributed by atoms with Crippen LogP contribution in [0.25, 0.3) is 5.69 Å². The molecule has 18 heavy (non-hydrogen) atoms. The number of tetrazole rings is 1. The zero-order valence-electron chi connectivity index (χ0n) is 9.35. The van der Waals surface area contributed by atoms with Gasteiger partial charge in [-0.25, -0.2) is 9.86 Å². The van der Waals surface area contributed by atoms with Crippen LogP contribution < -0.4 is 5.32 Å². The van der Waals surface area contributed by atoms with Gasteiger partial charge in [-0.1, -0.05) is 12.1 Å². The SMILES string of the molecule is CN(O)C(=O)Nc1ccccc1-n1nnnc1S. The van der Waals surface area contributed by atoms with Crippen molar-refractivity contribution in [1.82, 2.24) is 25.3 Å². The van der Waals surface area contributed by atoms with E-state index < -0.39 is 6.03 Å². The number of hydrogen-bond acceptors (Lipinski definition) is 6. The third-order valence-electron chi connectivity index (χ3n) is 2.12. The molecule has 0 aliphatic heterocycles. The lowest BCUT2D eigenvalue weighted by atomic mass is 10.2. The van der Waals surface area contributed by atoms with Crippen molar-refractivity contribution in [3.05, 3.63) is 24.3 Å². The van der Waals surface area contributed by atoms with Crippen LogP contribution in [0.2, 0.25) is 0 Å². The summed E-state index contributed by atoms with van der Waals surface area (Å²) in [6.45, 7) is 0. The molecule has 1 aromatic carbocycles. The highest BCUT2D eigenvalue weighted by Gasteiger charge is 2.12. The van der Waals surface area contributed by atoms with Gasteiger partial charge >= 0.3 is 6.03 Å². The average Bonchev–Trinajstić information content (AvgIpc) is 2.76. The summed E-state index contributed by atoms with van der Waals surface area (Å²) in [6, 6.07) is 6.20. The zero-order chi connectivity index (χ0) is 13.1. The number of para-hydroxylation sites is 2. The number of urea groups is 1. The number of hydrogen-bond donors (Lipinski definition) is 3. The second-order valence-corrected chi connectivity index (χ2v) is 3.76. The summed E-state index contributed by atoms with van der Waals surface area (Å²) < 4.78 is 1.36. The molecule has 94 valence electrons. The number of thiol groups is 1. The summed E-state index contributed by atoms with van der Waals surface area (Å²) in [5.74, 6) is 0. The highest BCUT2D eigenvalue weighted by molar-refractivity contribution is 7.80. The van der Waals surface area contributed by atoms with Crippen LogP contribution in [-0.2, 0) is 0 Å². The number of rotatable bonds is 2. The van der Waals surface area contributed by atoms with E-state index in [0.29, 0.717) is 16.4 Å². The Labute approximate surface area is 108 Å². The summed E-state index contributed by atoms with van der Waals surface area (Å²) in [5, 5.41) is 23.1. The first-order valence-electron chi connectivity index (χ1n) is 4.90. The van der Waals surface area contributed by atoms with Gasteiger partial charge in [-0.05, 0) is 22.6 Å². The van der Waals surface area contributed by atoms with E-state index >= 15 is 0 Å². The Bertz CT molecular complexity index is 570. The van der Waals surface area contributed by atoms with Crippen molar-refractivity contribution in [2.75, 3.05) is 12.4 Å². The van der Waals surface area contributed by atoms with E-state index in [0.717, 1.165) is 0 Å². The van der Waals surface area contributed by atoms with Crippen LogP contribution in [0.15, 0.2) is 29.4 Å². The van der Waals surface area contributed by atoms with Crippen LogP contribution in [0.4, 0.5) is 10.5 Å². The Morgan fingerprint density at radius 1 is 1.50 bits per heavy atom. The van der Waals surface area contributed by atoms with Gasteiger partial charge < -0.3 is 5.32 Å². The van der Waals surface area contributed by atoms with E-state index in [1.165, 1.54) is 11.7 Å². The fourth-order valence-electron chi connectivity index (χ4n) is 1.30. The van der Waals surface area contributed by atoms with Crippen LogP contribution in [0.5, 0.6) is 0 Å². The molecule has 0 radical (unpaired) electrons. The lowest BCUT2D eigenvalue weighted by Crippen LogP contribution is -2.28. The Kier molecular flexibility index (Phi) is 3.44. The maximum atomic E-state index is 11.4. The van der Waals surface area contributed by atoms with Crippen molar-refractivity contribution in [2.45, 2.75) is 5.16 Å². The minimum absolute atomic E-state index is 0.286. The highest BCUT2D eigenvalue weighted by atomic mass is 32.1. The van der Waals surface area contributed by atoms with Gasteiger partial charge in [0.05, 0.1) is 11.4 Å². The summed E-state index contributed by atoms with van der Waals surface area (Å²) in [4.78, 5) is 11.4. The van der Waals surface area contributed by atoms with Gasteiger partial charge in [0.1, 0.15) is 0 Å². The van der Waals surface area contributed by atoms with Gasteiger partial charge in [0.25, 0.3) is 0 Å². The summed E-state index contributed by atoms with van der Waals surface area (Å²) >= 11 is 4.09. The van der Waals surface area contributed by atoms with E-state index in [-0.39, 0.29) is 5.16 Å². The lowest BCUT2D eigenvalue weighted by Gasteiger charge is -2.13. The fraction of sp³-hybridized carbons (Fsp3) is 0.111. The molecule has 2 amide bonds. The molecule has 0 spiro atoms. The molecule has 1 aromatic heterocycles. The first-order chi connectivity index (χ1) is 8.59. The number of carbonyl (C=O) groups is 1. The van der Waals surface area contributed by atoms with Crippen LogP contribution in [0.1, 0.15) is 0 Å². The number of nitrogens with zero attached hydrogens (tertiary/aromatic N) is 5. The minimum atomic E-state index is -0.670. The molecule has 2 aromatic rings. The second kappa shape index (κ2) is 5.02. The first kappa shape index (κ1) is 12.3. The predicted octanol–water partition coefficient (Wildman–Crippen LogP) is 0.804. The van der Waals surface area contributed by atoms with Gasteiger partial charge in [0, 0.05) is 7.05 Å².